The number of hydrogen-bond acceptors (Lipinski definition) is 5. The van der Waals surface area contributed by atoms with Crippen molar-refractivity contribution < 1.29 is 9.59 Å². The maximum atomic E-state index is 12.6. The van der Waals surface area contributed by atoms with Crippen molar-refractivity contribution in [3.63, 3.8) is 0 Å². The molecule has 1 aliphatic rings. The lowest BCUT2D eigenvalue weighted by molar-refractivity contribution is -0.118. The molecule has 1 fully saturated rings. The Balaban J connectivity index is 1.68. The molecule has 2 aromatic rings. The first kappa shape index (κ1) is 16.9. The van der Waals surface area contributed by atoms with Crippen LogP contribution in [0.2, 0.25) is 0 Å². The van der Waals surface area contributed by atoms with Crippen LogP contribution in [0.25, 0.3) is 0 Å². The van der Waals surface area contributed by atoms with E-state index in [0.717, 1.165) is 17.8 Å². The van der Waals surface area contributed by atoms with Gasteiger partial charge in [-0.05, 0) is 5.56 Å². The fraction of sp³-hybridized carbons (Fsp3) is 0.333. The molecule has 7 nitrogen and oxygen atoms in total. The van der Waals surface area contributed by atoms with Gasteiger partial charge in [0.15, 0.2) is 0 Å². The molecule has 0 unspecified atom stereocenters. The van der Waals surface area contributed by atoms with E-state index in [4.69, 9.17) is 0 Å². The molecular formula is C18H21N5O2. The summed E-state index contributed by atoms with van der Waals surface area (Å²) in [6.07, 6.45) is 2.29. The normalized spacial score (nSPS) is 14.3. The largest absolute Gasteiger partial charge is 0.353 e. The van der Waals surface area contributed by atoms with Crippen LogP contribution in [-0.2, 0) is 11.3 Å². The number of anilines is 1. The summed E-state index contributed by atoms with van der Waals surface area (Å²) in [7, 11) is 1.76. The Morgan fingerprint density at radius 2 is 1.88 bits per heavy atom. The molecule has 1 saturated heterocycles. The number of nitrogens with zero attached hydrogens (tertiary/aromatic N) is 5. The van der Waals surface area contributed by atoms with E-state index in [0.29, 0.717) is 38.4 Å². The minimum atomic E-state index is -0.140. The first-order valence-corrected chi connectivity index (χ1v) is 8.23. The minimum absolute atomic E-state index is 0.140. The van der Waals surface area contributed by atoms with E-state index >= 15 is 0 Å². The van der Waals surface area contributed by atoms with Crippen LogP contribution in [0.5, 0.6) is 0 Å². The van der Waals surface area contributed by atoms with Gasteiger partial charge in [-0.2, -0.15) is 0 Å². The van der Waals surface area contributed by atoms with Crippen molar-refractivity contribution in [2.24, 2.45) is 0 Å². The molecule has 0 radical (unpaired) electrons. The Labute approximate surface area is 146 Å². The lowest BCUT2D eigenvalue weighted by Crippen LogP contribution is -2.46. The lowest BCUT2D eigenvalue weighted by atomic mass is 10.2. The Kier molecular flexibility index (Phi) is 5.23. The molecule has 0 bridgehead atoms. The first-order chi connectivity index (χ1) is 12.2. The number of hydrogen-bond donors (Lipinski definition) is 0. The molecule has 0 atom stereocenters. The second-order valence-corrected chi connectivity index (χ2v) is 6.04. The van der Waals surface area contributed by atoms with E-state index in [9.17, 15) is 9.59 Å². The SMILES string of the molecule is CN(Cc1ccccc1)C(=O)c1cc(N2CCN(C=O)CC2)ncn1. The second kappa shape index (κ2) is 7.74. The molecule has 0 aliphatic carbocycles. The van der Waals surface area contributed by atoms with Gasteiger partial charge in [0.25, 0.3) is 5.91 Å². The first-order valence-electron chi connectivity index (χ1n) is 8.23. The van der Waals surface area contributed by atoms with Crippen molar-refractivity contribution in [1.82, 2.24) is 19.8 Å². The monoisotopic (exact) mass is 339 g/mol. The average molecular weight is 339 g/mol. The Bertz CT molecular complexity index is 729. The highest BCUT2D eigenvalue weighted by atomic mass is 16.2. The summed E-state index contributed by atoms with van der Waals surface area (Å²) >= 11 is 0. The van der Waals surface area contributed by atoms with Gasteiger partial charge >= 0.3 is 0 Å². The summed E-state index contributed by atoms with van der Waals surface area (Å²) in [4.78, 5) is 37.3. The van der Waals surface area contributed by atoms with Gasteiger partial charge in [-0.15, -0.1) is 0 Å². The summed E-state index contributed by atoms with van der Waals surface area (Å²) in [6.45, 7) is 3.24. The van der Waals surface area contributed by atoms with Gasteiger partial charge in [-0.3, -0.25) is 9.59 Å². The summed E-state index contributed by atoms with van der Waals surface area (Å²) in [5.41, 5.74) is 1.44. The van der Waals surface area contributed by atoms with Crippen molar-refractivity contribution in [2.75, 3.05) is 38.1 Å². The van der Waals surface area contributed by atoms with Crippen LogP contribution in [0.3, 0.4) is 0 Å². The summed E-state index contributed by atoms with van der Waals surface area (Å²) in [5.74, 6) is 0.580. The molecule has 2 amide bonds. The third-order valence-corrected chi connectivity index (χ3v) is 4.27. The van der Waals surface area contributed by atoms with Gasteiger partial charge in [0.2, 0.25) is 6.41 Å². The number of carbonyl (C=O) groups is 2. The van der Waals surface area contributed by atoms with Gasteiger partial charge in [0.05, 0.1) is 0 Å². The lowest BCUT2D eigenvalue weighted by Gasteiger charge is -2.33. The maximum Gasteiger partial charge on any atom is 0.272 e. The molecule has 7 heteroatoms. The maximum absolute atomic E-state index is 12.6. The smallest absolute Gasteiger partial charge is 0.272 e. The van der Waals surface area contributed by atoms with E-state index in [1.807, 2.05) is 30.3 Å². The molecule has 2 heterocycles. The molecule has 1 aliphatic heterocycles. The Morgan fingerprint density at radius 1 is 1.16 bits per heavy atom. The summed E-state index contributed by atoms with van der Waals surface area (Å²) in [5, 5.41) is 0. The molecule has 1 aromatic carbocycles. The van der Waals surface area contributed by atoms with Crippen molar-refractivity contribution in [3.05, 3.63) is 54.0 Å². The number of amides is 2. The van der Waals surface area contributed by atoms with Crippen molar-refractivity contribution >= 4 is 18.1 Å². The Morgan fingerprint density at radius 3 is 2.56 bits per heavy atom. The van der Waals surface area contributed by atoms with E-state index in [2.05, 4.69) is 14.9 Å². The van der Waals surface area contributed by atoms with Gasteiger partial charge < -0.3 is 14.7 Å². The number of aromatic nitrogens is 2. The van der Waals surface area contributed by atoms with Crippen LogP contribution in [0.1, 0.15) is 16.1 Å². The average Bonchev–Trinajstić information content (AvgIpc) is 2.68. The van der Waals surface area contributed by atoms with Crippen LogP contribution >= 0.6 is 0 Å². The number of carbonyl (C=O) groups excluding carboxylic acids is 2. The van der Waals surface area contributed by atoms with Crippen molar-refractivity contribution in [3.8, 4) is 0 Å². The highest BCUT2D eigenvalue weighted by Gasteiger charge is 2.19. The van der Waals surface area contributed by atoms with Gasteiger partial charge in [0.1, 0.15) is 17.8 Å². The van der Waals surface area contributed by atoms with Crippen LogP contribution in [-0.4, -0.2) is 65.3 Å². The molecule has 130 valence electrons. The zero-order valence-electron chi connectivity index (χ0n) is 14.2. The van der Waals surface area contributed by atoms with Crippen molar-refractivity contribution in [1.29, 1.82) is 0 Å². The zero-order chi connectivity index (χ0) is 17.6. The van der Waals surface area contributed by atoms with Crippen LogP contribution in [0, 0.1) is 0 Å². The van der Waals surface area contributed by atoms with Crippen molar-refractivity contribution in [2.45, 2.75) is 6.54 Å². The quantitative estimate of drug-likeness (QED) is 0.761. The van der Waals surface area contributed by atoms with Crippen LogP contribution in [0.4, 0.5) is 5.82 Å². The Hall–Kier alpha value is -2.96. The van der Waals surface area contributed by atoms with Gasteiger partial charge in [-0.25, -0.2) is 9.97 Å². The van der Waals surface area contributed by atoms with Crippen LogP contribution in [0.15, 0.2) is 42.7 Å². The molecule has 0 N–H and O–H groups in total. The molecule has 25 heavy (non-hydrogen) atoms. The fourth-order valence-corrected chi connectivity index (χ4v) is 2.82. The third-order valence-electron chi connectivity index (χ3n) is 4.27. The second-order valence-electron chi connectivity index (χ2n) is 6.04. The van der Waals surface area contributed by atoms with Gasteiger partial charge in [-0.1, -0.05) is 30.3 Å². The highest BCUT2D eigenvalue weighted by Crippen LogP contribution is 2.15. The number of benzene rings is 1. The predicted molar refractivity (Wildman–Crippen MR) is 94.1 cm³/mol. The molecule has 1 aromatic heterocycles. The third kappa shape index (κ3) is 4.12. The predicted octanol–water partition coefficient (Wildman–Crippen LogP) is 1.03. The summed E-state index contributed by atoms with van der Waals surface area (Å²) in [6, 6.07) is 11.6. The van der Waals surface area contributed by atoms with E-state index in [1.165, 1.54) is 6.33 Å². The number of piperazine rings is 1. The summed E-state index contributed by atoms with van der Waals surface area (Å²) < 4.78 is 0. The molecule has 0 spiro atoms. The molecule has 3 rings (SSSR count). The minimum Gasteiger partial charge on any atom is -0.353 e. The highest BCUT2D eigenvalue weighted by molar-refractivity contribution is 5.92. The van der Waals surface area contributed by atoms with Crippen LogP contribution < -0.4 is 4.90 Å². The zero-order valence-corrected chi connectivity index (χ0v) is 14.2. The fourth-order valence-electron chi connectivity index (χ4n) is 2.82. The van der Waals surface area contributed by atoms with Gasteiger partial charge in [0, 0.05) is 45.8 Å². The standard InChI is InChI=1S/C18H21N5O2/c1-21(12-15-5-3-2-4-6-15)18(25)16-11-17(20-13-19-16)23-9-7-22(14-24)8-10-23/h2-6,11,13-14H,7-10,12H2,1H3. The topological polar surface area (TPSA) is 69.6 Å². The van der Waals surface area contributed by atoms with E-state index in [-0.39, 0.29) is 5.91 Å². The molecular weight excluding hydrogens is 318 g/mol. The number of rotatable bonds is 5. The van der Waals surface area contributed by atoms with E-state index < -0.39 is 0 Å². The van der Waals surface area contributed by atoms with E-state index in [1.54, 1.807) is 22.9 Å². The molecule has 0 saturated carbocycles.